The molecule has 0 aliphatic heterocycles. The fourth-order valence-electron chi connectivity index (χ4n) is 0.872. The molecule has 0 spiro atoms. The van der Waals surface area contributed by atoms with Crippen LogP contribution in [0.4, 0.5) is 8.78 Å². The molecule has 1 nitrogen and oxygen atoms in total. The van der Waals surface area contributed by atoms with Crippen molar-refractivity contribution in [1.82, 2.24) is 0 Å². The predicted molar refractivity (Wildman–Crippen MR) is 57.9 cm³/mol. The average molecular weight is 283 g/mol. The van der Waals surface area contributed by atoms with Crippen LogP contribution in [0.25, 0.3) is 0 Å². The summed E-state index contributed by atoms with van der Waals surface area (Å²) in [5.74, 6) is -1.15. The molecule has 14 heavy (non-hydrogen) atoms. The molecule has 78 valence electrons. The van der Waals surface area contributed by atoms with Crippen molar-refractivity contribution in [3.8, 4) is 5.75 Å². The van der Waals surface area contributed by atoms with Crippen molar-refractivity contribution in [3.63, 3.8) is 0 Å². The first kappa shape index (κ1) is 11.8. The second-order valence-corrected chi connectivity index (χ2v) is 4.44. The lowest BCUT2D eigenvalue weighted by molar-refractivity contribution is 0.317. The molecule has 0 N–H and O–H groups in total. The first-order valence-corrected chi connectivity index (χ1v) is 6.10. The second kappa shape index (κ2) is 5.56. The van der Waals surface area contributed by atoms with E-state index in [0.717, 1.165) is 11.8 Å². The molecule has 0 atom stereocenters. The van der Waals surface area contributed by atoms with Gasteiger partial charge < -0.3 is 4.74 Å². The van der Waals surface area contributed by atoms with E-state index in [1.807, 2.05) is 6.26 Å². The standard InChI is InChI=1S/C9H9BrF2OS/c1-14-3-2-13-8-5-6(10)4-7(11)9(8)12/h4-5H,2-3H2,1H3. The molecule has 0 saturated carbocycles. The highest BCUT2D eigenvalue weighted by Gasteiger charge is 2.10. The molecule has 1 rings (SSSR count). The Hall–Kier alpha value is -0.290. The third kappa shape index (κ3) is 3.13. The Morgan fingerprint density at radius 3 is 2.79 bits per heavy atom. The Bertz CT molecular complexity index is 320. The van der Waals surface area contributed by atoms with Crippen LogP contribution >= 0.6 is 27.7 Å². The lowest BCUT2D eigenvalue weighted by Crippen LogP contribution is -2.02. The van der Waals surface area contributed by atoms with Gasteiger partial charge in [-0.05, 0) is 18.4 Å². The van der Waals surface area contributed by atoms with Gasteiger partial charge in [-0.25, -0.2) is 4.39 Å². The van der Waals surface area contributed by atoms with E-state index in [1.54, 1.807) is 11.8 Å². The van der Waals surface area contributed by atoms with Gasteiger partial charge in [-0.2, -0.15) is 16.2 Å². The van der Waals surface area contributed by atoms with Crippen LogP contribution in [0.3, 0.4) is 0 Å². The Kier molecular flexibility index (Phi) is 4.68. The van der Waals surface area contributed by atoms with E-state index in [0.29, 0.717) is 11.1 Å². The number of ether oxygens (including phenoxy) is 1. The van der Waals surface area contributed by atoms with Gasteiger partial charge in [0.1, 0.15) is 0 Å². The molecule has 0 heterocycles. The summed E-state index contributed by atoms with van der Waals surface area (Å²) in [5, 5.41) is 0. The van der Waals surface area contributed by atoms with Crippen LogP contribution in [0.15, 0.2) is 16.6 Å². The maximum Gasteiger partial charge on any atom is 0.200 e. The Morgan fingerprint density at radius 1 is 1.43 bits per heavy atom. The van der Waals surface area contributed by atoms with Gasteiger partial charge in [0.25, 0.3) is 0 Å². The summed E-state index contributed by atoms with van der Waals surface area (Å²) in [6.07, 6.45) is 1.92. The fraction of sp³-hybridized carbons (Fsp3) is 0.333. The number of hydrogen-bond donors (Lipinski definition) is 0. The smallest absolute Gasteiger partial charge is 0.200 e. The molecular formula is C9H9BrF2OS. The van der Waals surface area contributed by atoms with Gasteiger partial charge in [0.15, 0.2) is 11.6 Å². The van der Waals surface area contributed by atoms with E-state index in [4.69, 9.17) is 4.74 Å². The lowest BCUT2D eigenvalue weighted by Gasteiger charge is -2.07. The van der Waals surface area contributed by atoms with Crippen LogP contribution in [0.1, 0.15) is 0 Å². The van der Waals surface area contributed by atoms with Crippen molar-refractivity contribution < 1.29 is 13.5 Å². The first-order chi connectivity index (χ1) is 6.65. The molecule has 5 heteroatoms. The summed E-state index contributed by atoms with van der Waals surface area (Å²) >= 11 is 4.65. The van der Waals surface area contributed by atoms with E-state index in [-0.39, 0.29) is 5.75 Å². The molecule has 0 amide bonds. The minimum atomic E-state index is -0.936. The third-order valence-corrected chi connectivity index (χ3v) is 2.54. The summed E-state index contributed by atoms with van der Waals surface area (Å²) in [7, 11) is 0. The summed E-state index contributed by atoms with van der Waals surface area (Å²) in [5.41, 5.74) is 0. The van der Waals surface area contributed by atoms with Crippen LogP contribution in [0.2, 0.25) is 0 Å². The SMILES string of the molecule is CSCCOc1cc(Br)cc(F)c1F. The van der Waals surface area contributed by atoms with Crippen LogP contribution in [-0.2, 0) is 0 Å². The summed E-state index contributed by atoms with van der Waals surface area (Å²) in [4.78, 5) is 0. The van der Waals surface area contributed by atoms with E-state index in [9.17, 15) is 8.78 Å². The largest absolute Gasteiger partial charge is 0.489 e. The van der Waals surface area contributed by atoms with Crippen molar-refractivity contribution in [1.29, 1.82) is 0 Å². The zero-order valence-corrected chi connectivity index (χ0v) is 9.92. The number of rotatable bonds is 4. The minimum Gasteiger partial charge on any atom is -0.489 e. The molecule has 0 unspecified atom stereocenters. The first-order valence-electron chi connectivity index (χ1n) is 3.91. The Labute approximate surface area is 94.0 Å². The topological polar surface area (TPSA) is 9.23 Å². The number of thioether (sulfide) groups is 1. The van der Waals surface area contributed by atoms with Crippen LogP contribution in [0, 0.1) is 11.6 Å². The minimum absolute atomic E-state index is 0.0501. The number of hydrogen-bond acceptors (Lipinski definition) is 2. The van der Waals surface area contributed by atoms with Crippen LogP contribution in [-0.4, -0.2) is 18.6 Å². The molecule has 1 aromatic rings. The zero-order valence-electron chi connectivity index (χ0n) is 7.52. The fourth-order valence-corrected chi connectivity index (χ4v) is 1.53. The Morgan fingerprint density at radius 2 is 2.14 bits per heavy atom. The molecule has 0 aliphatic rings. The van der Waals surface area contributed by atoms with Crippen molar-refractivity contribution in [2.24, 2.45) is 0 Å². The van der Waals surface area contributed by atoms with Crippen molar-refractivity contribution in [2.45, 2.75) is 0 Å². The molecular weight excluding hydrogens is 274 g/mol. The van der Waals surface area contributed by atoms with Gasteiger partial charge in [-0.1, -0.05) is 15.9 Å². The van der Waals surface area contributed by atoms with E-state index >= 15 is 0 Å². The van der Waals surface area contributed by atoms with Crippen molar-refractivity contribution in [2.75, 3.05) is 18.6 Å². The van der Waals surface area contributed by atoms with Gasteiger partial charge >= 0.3 is 0 Å². The van der Waals surface area contributed by atoms with Gasteiger partial charge in [0, 0.05) is 10.2 Å². The molecule has 0 aromatic heterocycles. The average Bonchev–Trinajstić information content (AvgIpc) is 2.13. The van der Waals surface area contributed by atoms with Crippen molar-refractivity contribution in [3.05, 3.63) is 28.2 Å². The molecule has 0 fully saturated rings. The van der Waals surface area contributed by atoms with Crippen LogP contribution < -0.4 is 4.74 Å². The van der Waals surface area contributed by atoms with E-state index < -0.39 is 11.6 Å². The summed E-state index contributed by atoms with van der Waals surface area (Å²) < 4.78 is 31.5. The quantitative estimate of drug-likeness (QED) is 0.618. The number of benzene rings is 1. The van der Waals surface area contributed by atoms with Gasteiger partial charge in [-0.15, -0.1) is 0 Å². The predicted octanol–water partition coefficient (Wildman–Crippen LogP) is 3.47. The monoisotopic (exact) mass is 282 g/mol. The molecule has 0 radical (unpaired) electrons. The highest BCUT2D eigenvalue weighted by molar-refractivity contribution is 9.10. The maximum atomic E-state index is 13.1. The normalized spacial score (nSPS) is 10.3. The molecule has 0 aliphatic carbocycles. The highest BCUT2D eigenvalue weighted by atomic mass is 79.9. The van der Waals surface area contributed by atoms with Gasteiger partial charge in [-0.3, -0.25) is 0 Å². The Balaban J connectivity index is 2.75. The maximum absolute atomic E-state index is 13.1. The summed E-state index contributed by atoms with van der Waals surface area (Å²) in [6, 6.07) is 2.48. The lowest BCUT2D eigenvalue weighted by atomic mass is 10.3. The van der Waals surface area contributed by atoms with E-state index in [1.165, 1.54) is 6.07 Å². The van der Waals surface area contributed by atoms with Gasteiger partial charge in [0.05, 0.1) is 6.61 Å². The third-order valence-electron chi connectivity index (χ3n) is 1.50. The van der Waals surface area contributed by atoms with Crippen molar-refractivity contribution >= 4 is 27.7 Å². The highest BCUT2D eigenvalue weighted by Crippen LogP contribution is 2.25. The molecule has 0 bridgehead atoms. The summed E-state index contributed by atoms with van der Waals surface area (Å²) in [6.45, 7) is 0.369. The van der Waals surface area contributed by atoms with Crippen LogP contribution in [0.5, 0.6) is 5.75 Å². The van der Waals surface area contributed by atoms with E-state index in [2.05, 4.69) is 15.9 Å². The number of halogens is 3. The molecule has 0 saturated heterocycles. The van der Waals surface area contributed by atoms with Gasteiger partial charge in [0.2, 0.25) is 5.82 Å². The molecule has 1 aromatic carbocycles. The zero-order chi connectivity index (χ0) is 10.6. The second-order valence-electron chi connectivity index (χ2n) is 2.54.